The minimum absolute atomic E-state index is 0.219. The van der Waals surface area contributed by atoms with Gasteiger partial charge in [-0.15, -0.1) is 11.3 Å². The lowest BCUT2D eigenvalue weighted by atomic mass is 10.1. The van der Waals surface area contributed by atoms with Crippen LogP contribution in [0.5, 0.6) is 5.75 Å². The Morgan fingerprint density at radius 1 is 1.42 bits per heavy atom. The van der Waals surface area contributed by atoms with Gasteiger partial charge in [-0.25, -0.2) is 4.98 Å². The van der Waals surface area contributed by atoms with Gasteiger partial charge in [-0.05, 0) is 37.5 Å². The highest BCUT2D eigenvalue weighted by Crippen LogP contribution is 2.35. The van der Waals surface area contributed by atoms with Crippen molar-refractivity contribution in [3.8, 4) is 5.75 Å². The van der Waals surface area contributed by atoms with Gasteiger partial charge in [0.05, 0.1) is 18.8 Å². The summed E-state index contributed by atoms with van der Waals surface area (Å²) in [4.78, 5) is 6.10. The van der Waals surface area contributed by atoms with Crippen molar-refractivity contribution in [3.63, 3.8) is 0 Å². The van der Waals surface area contributed by atoms with E-state index < -0.39 is 0 Å². The molecule has 2 N–H and O–H groups in total. The molecule has 1 aromatic carbocycles. The molecule has 1 aliphatic carbocycles. The summed E-state index contributed by atoms with van der Waals surface area (Å²) in [6.45, 7) is 0. The van der Waals surface area contributed by atoms with Gasteiger partial charge in [-0.1, -0.05) is 15.9 Å². The highest BCUT2D eigenvalue weighted by Gasteiger charge is 2.22. The monoisotopic (exact) mass is 338 g/mol. The Morgan fingerprint density at radius 3 is 3.00 bits per heavy atom. The predicted octanol–water partition coefficient (Wildman–Crippen LogP) is 3.45. The summed E-state index contributed by atoms with van der Waals surface area (Å²) in [7, 11) is 1.67. The van der Waals surface area contributed by atoms with E-state index in [0.717, 1.165) is 33.6 Å². The van der Waals surface area contributed by atoms with Gasteiger partial charge in [0.2, 0.25) is 0 Å². The van der Waals surface area contributed by atoms with Gasteiger partial charge in [0.25, 0.3) is 0 Å². The molecule has 0 fully saturated rings. The number of halogens is 1. The van der Waals surface area contributed by atoms with Crippen LogP contribution >= 0.6 is 27.3 Å². The van der Waals surface area contributed by atoms with Crippen LogP contribution in [-0.4, -0.2) is 12.1 Å². The number of ether oxygens (including phenoxy) is 1. The van der Waals surface area contributed by atoms with Gasteiger partial charge in [0.1, 0.15) is 10.8 Å². The molecule has 5 heteroatoms. The molecule has 1 unspecified atom stereocenters. The van der Waals surface area contributed by atoms with E-state index in [9.17, 15) is 0 Å². The molecule has 1 atom stereocenters. The number of hydrogen-bond acceptors (Lipinski definition) is 4. The number of hydrogen-bond donors (Lipinski definition) is 1. The third-order valence-corrected chi connectivity index (χ3v) is 5.14. The van der Waals surface area contributed by atoms with E-state index in [1.807, 2.05) is 18.2 Å². The van der Waals surface area contributed by atoms with Crippen LogP contribution in [0.15, 0.2) is 22.7 Å². The second-order valence-electron chi connectivity index (χ2n) is 4.64. The van der Waals surface area contributed by atoms with Crippen LogP contribution in [-0.2, 0) is 12.8 Å². The zero-order chi connectivity index (χ0) is 13.4. The van der Waals surface area contributed by atoms with Crippen LogP contribution in [0.3, 0.4) is 0 Å². The van der Waals surface area contributed by atoms with Crippen molar-refractivity contribution in [2.45, 2.75) is 25.3 Å². The molecule has 1 aromatic heterocycles. The molecule has 2 aromatic rings. The van der Waals surface area contributed by atoms with Crippen molar-refractivity contribution in [1.29, 1.82) is 0 Å². The van der Waals surface area contributed by atoms with Crippen LogP contribution < -0.4 is 10.5 Å². The SMILES string of the molecule is COc1ccc(Br)cc1C(N)c1nc2c(s1)CCC2. The van der Waals surface area contributed by atoms with Gasteiger partial charge < -0.3 is 10.5 Å². The molecule has 0 bridgehead atoms. The topological polar surface area (TPSA) is 48.1 Å². The van der Waals surface area contributed by atoms with Crippen LogP contribution in [0, 0.1) is 0 Å². The number of aryl methyl sites for hydroxylation is 2. The molecular formula is C14H15BrN2OS. The van der Waals surface area contributed by atoms with E-state index >= 15 is 0 Å². The smallest absolute Gasteiger partial charge is 0.124 e. The fraction of sp³-hybridized carbons (Fsp3) is 0.357. The number of methoxy groups -OCH3 is 1. The first-order chi connectivity index (χ1) is 9.19. The molecule has 0 saturated heterocycles. The van der Waals surface area contributed by atoms with Crippen molar-refractivity contribution in [2.24, 2.45) is 5.73 Å². The highest BCUT2D eigenvalue weighted by atomic mass is 79.9. The van der Waals surface area contributed by atoms with Crippen molar-refractivity contribution in [2.75, 3.05) is 7.11 Å². The molecule has 0 radical (unpaired) electrons. The van der Waals surface area contributed by atoms with Gasteiger partial charge >= 0.3 is 0 Å². The number of nitrogens with zero attached hydrogens (tertiary/aromatic N) is 1. The molecule has 0 saturated carbocycles. The summed E-state index contributed by atoms with van der Waals surface area (Å²) in [6, 6.07) is 5.68. The van der Waals surface area contributed by atoms with Crippen LogP contribution in [0.2, 0.25) is 0 Å². The average Bonchev–Trinajstić information content (AvgIpc) is 2.98. The number of nitrogens with two attached hydrogens (primary N) is 1. The molecule has 1 heterocycles. The first-order valence-electron chi connectivity index (χ1n) is 6.26. The lowest BCUT2D eigenvalue weighted by Gasteiger charge is -2.14. The summed E-state index contributed by atoms with van der Waals surface area (Å²) in [5.74, 6) is 0.811. The Balaban J connectivity index is 1.98. The summed E-state index contributed by atoms with van der Waals surface area (Å²) < 4.78 is 6.40. The van der Waals surface area contributed by atoms with E-state index in [1.165, 1.54) is 17.0 Å². The average molecular weight is 339 g/mol. The van der Waals surface area contributed by atoms with Crippen LogP contribution in [0.25, 0.3) is 0 Å². The first kappa shape index (κ1) is 13.1. The molecule has 100 valence electrons. The molecule has 0 spiro atoms. The normalized spacial score (nSPS) is 15.3. The van der Waals surface area contributed by atoms with Crippen LogP contribution in [0.4, 0.5) is 0 Å². The van der Waals surface area contributed by atoms with Gasteiger partial charge in [0.15, 0.2) is 0 Å². The van der Waals surface area contributed by atoms with E-state index in [1.54, 1.807) is 18.4 Å². The summed E-state index contributed by atoms with van der Waals surface area (Å²) in [5, 5.41) is 0.987. The molecule has 1 aliphatic rings. The Hall–Kier alpha value is -0.910. The van der Waals surface area contributed by atoms with Crippen molar-refractivity contribution in [3.05, 3.63) is 43.8 Å². The molecule has 19 heavy (non-hydrogen) atoms. The standard InChI is InChI=1S/C14H15BrN2OS/c1-18-11-6-5-8(15)7-9(11)13(16)14-17-10-3-2-4-12(10)19-14/h5-7,13H,2-4,16H2,1H3. The third-order valence-electron chi connectivity index (χ3n) is 3.41. The number of aromatic nitrogens is 1. The summed E-state index contributed by atoms with van der Waals surface area (Å²) >= 11 is 5.23. The summed E-state index contributed by atoms with van der Waals surface area (Å²) in [6.07, 6.45) is 3.47. The summed E-state index contributed by atoms with van der Waals surface area (Å²) in [5.41, 5.74) is 8.59. The predicted molar refractivity (Wildman–Crippen MR) is 80.9 cm³/mol. The molecular weight excluding hydrogens is 324 g/mol. The third kappa shape index (κ3) is 2.42. The number of thiazole rings is 1. The Labute approximate surface area is 124 Å². The van der Waals surface area contributed by atoms with E-state index in [-0.39, 0.29) is 6.04 Å². The van der Waals surface area contributed by atoms with Crippen molar-refractivity contribution in [1.82, 2.24) is 4.98 Å². The molecule has 3 rings (SSSR count). The maximum absolute atomic E-state index is 6.37. The van der Waals surface area contributed by atoms with E-state index in [4.69, 9.17) is 15.5 Å². The minimum atomic E-state index is -0.219. The van der Waals surface area contributed by atoms with Crippen molar-refractivity contribution < 1.29 is 4.74 Å². The lowest BCUT2D eigenvalue weighted by Crippen LogP contribution is -2.13. The van der Waals surface area contributed by atoms with Crippen LogP contribution in [0.1, 0.15) is 33.6 Å². The first-order valence-corrected chi connectivity index (χ1v) is 7.87. The zero-order valence-electron chi connectivity index (χ0n) is 10.6. The largest absolute Gasteiger partial charge is 0.496 e. The number of benzene rings is 1. The van der Waals surface area contributed by atoms with Gasteiger partial charge in [0, 0.05) is 14.9 Å². The number of rotatable bonds is 3. The lowest BCUT2D eigenvalue weighted by molar-refractivity contribution is 0.407. The Kier molecular flexibility index (Phi) is 3.60. The highest BCUT2D eigenvalue weighted by molar-refractivity contribution is 9.10. The van der Waals surface area contributed by atoms with Gasteiger partial charge in [-0.3, -0.25) is 0 Å². The fourth-order valence-corrected chi connectivity index (χ4v) is 3.98. The van der Waals surface area contributed by atoms with E-state index in [0.29, 0.717) is 0 Å². The Morgan fingerprint density at radius 2 is 2.26 bits per heavy atom. The quantitative estimate of drug-likeness (QED) is 0.932. The maximum Gasteiger partial charge on any atom is 0.124 e. The van der Waals surface area contributed by atoms with Crippen molar-refractivity contribution >= 4 is 27.3 Å². The molecule has 0 amide bonds. The maximum atomic E-state index is 6.37. The van der Waals surface area contributed by atoms with E-state index in [2.05, 4.69) is 15.9 Å². The second kappa shape index (κ2) is 5.23. The number of fused-ring (bicyclic) bond motifs is 1. The van der Waals surface area contributed by atoms with Gasteiger partial charge in [-0.2, -0.15) is 0 Å². The Bertz CT molecular complexity index is 590. The molecule has 0 aliphatic heterocycles. The second-order valence-corrected chi connectivity index (χ2v) is 6.67. The minimum Gasteiger partial charge on any atom is -0.496 e. The fourth-order valence-electron chi connectivity index (χ4n) is 2.42. The zero-order valence-corrected chi connectivity index (χ0v) is 13.1. The molecule has 3 nitrogen and oxygen atoms in total.